The van der Waals surface area contributed by atoms with E-state index in [1.54, 1.807) is 43.0 Å². The van der Waals surface area contributed by atoms with E-state index in [1.807, 2.05) is 13.0 Å². The number of ether oxygens (including phenoxy) is 2. The van der Waals surface area contributed by atoms with E-state index in [-0.39, 0.29) is 23.7 Å². The van der Waals surface area contributed by atoms with Gasteiger partial charge in [-0.05, 0) is 42.3 Å². The number of nitrogens with one attached hydrogen (secondary N) is 1. The third-order valence-corrected chi connectivity index (χ3v) is 6.57. The van der Waals surface area contributed by atoms with Gasteiger partial charge in [0.15, 0.2) is 16.7 Å². The van der Waals surface area contributed by atoms with Crippen LogP contribution in [-0.2, 0) is 17.6 Å². The fourth-order valence-corrected chi connectivity index (χ4v) is 4.77. The van der Waals surface area contributed by atoms with Crippen molar-refractivity contribution in [2.24, 2.45) is 7.05 Å². The van der Waals surface area contributed by atoms with Crippen molar-refractivity contribution in [1.29, 1.82) is 0 Å². The van der Waals surface area contributed by atoms with Crippen molar-refractivity contribution < 1.29 is 18.7 Å². The fraction of sp³-hybridized carbons (Fsp3) is 0.292. The lowest BCUT2D eigenvalue weighted by atomic mass is 9.86. The molecular formula is C24H24FN3O4S. The maximum Gasteiger partial charge on any atom is 0.279 e. The molecule has 0 aliphatic carbocycles. The Hall–Kier alpha value is -3.33. The molecule has 1 aliphatic rings. The van der Waals surface area contributed by atoms with Crippen LogP contribution in [0.1, 0.15) is 36.0 Å². The minimum atomic E-state index is -0.458. The summed E-state index contributed by atoms with van der Waals surface area (Å²) < 4.78 is 25.9. The van der Waals surface area contributed by atoms with Gasteiger partial charge in [0.25, 0.3) is 5.56 Å². The van der Waals surface area contributed by atoms with Gasteiger partial charge in [0.1, 0.15) is 11.6 Å². The topological polar surface area (TPSA) is 82.5 Å². The third-order valence-electron chi connectivity index (χ3n) is 5.47. The number of halogens is 1. The summed E-state index contributed by atoms with van der Waals surface area (Å²) in [5.74, 6) is 1.14. The number of fused-ring (bicyclic) bond motifs is 1. The van der Waals surface area contributed by atoms with Crippen LogP contribution >= 0.6 is 11.8 Å². The van der Waals surface area contributed by atoms with Gasteiger partial charge in [0.05, 0.1) is 19.3 Å². The smallest absolute Gasteiger partial charge is 0.279 e. The van der Waals surface area contributed by atoms with Crippen LogP contribution < -0.4 is 20.3 Å². The molecule has 2 heterocycles. The van der Waals surface area contributed by atoms with Crippen LogP contribution in [0.5, 0.6) is 11.5 Å². The van der Waals surface area contributed by atoms with Gasteiger partial charge in [-0.25, -0.2) is 4.39 Å². The maximum atomic E-state index is 13.2. The molecule has 1 atom stereocenters. The molecule has 1 aliphatic heterocycles. The summed E-state index contributed by atoms with van der Waals surface area (Å²) in [6.07, 6.45) is 0.128. The minimum absolute atomic E-state index is 0.128. The van der Waals surface area contributed by atoms with Gasteiger partial charge in [-0.3, -0.25) is 9.59 Å². The number of anilines is 1. The molecule has 172 valence electrons. The summed E-state index contributed by atoms with van der Waals surface area (Å²) in [6, 6.07) is 11.6. The van der Waals surface area contributed by atoms with Crippen molar-refractivity contribution in [1.82, 2.24) is 9.55 Å². The fourth-order valence-electron chi connectivity index (χ4n) is 3.85. The first-order valence-corrected chi connectivity index (χ1v) is 11.5. The monoisotopic (exact) mass is 469 g/mol. The highest BCUT2D eigenvalue weighted by atomic mass is 32.2. The molecule has 3 aromatic rings. The van der Waals surface area contributed by atoms with Gasteiger partial charge >= 0.3 is 0 Å². The Morgan fingerprint density at radius 3 is 2.64 bits per heavy atom. The summed E-state index contributed by atoms with van der Waals surface area (Å²) >= 11 is 1.35. The molecule has 0 spiro atoms. The zero-order chi connectivity index (χ0) is 23.5. The van der Waals surface area contributed by atoms with Crippen LogP contribution in [0.15, 0.2) is 52.4 Å². The number of benzene rings is 2. The van der Waals surface area contributed by atoms with Gasteiger partial charge in [0.2, 0.25) is 5.91 Å². The molecule has 0 radical (unpaired) electrons. The quantitative estimate of drug-likeness (QED) is 0.415. The highest BCUT2D eigenvalue weighted by Gasteiger charge is 2.32. The predicted molar refractivity (Wildman–Crippen MR) is 125 cm³/mol. The Kier molecular flexibility index (Phi) is 6.69. The summed E-state index contributed by atoms with van der Waals surface area (Å²) in [6.45, 7) is 2.38. The molecule has 1 N–H and O–H groups in total. The summed E-state index contributed by atoms with van der Waals surface area (Å²) in [5.41, 5.74) is 1.73. The number of rotatable bonds is 7. The number of hydrogen-bond acceptors (Lipinski definition) is 6. The van der Waals surface area contributed by atoms with E-state index in [1.165, 1.54) is 23.9 Å². The molecule has 33 heavy (non-hydrogen) atoms. The number of thioether (sulfide) groups is 1. The largest absolute Gasteiger partial charge is 0.493 e. The molecule has 4 rings (SSSR count). The van der Waals surface area contributed by atoms with E-state index in [4.69, 9.17) is 9.47 Å². The Bertz CT molecular complexity index is 1240. The van der Waals surface area contributed by atoms with E-state index in [0.717, 1.165) is 11.1 Å². The SMILES string of the molecule is CCOc1ccc([C@H]2CC(=O)Nc3c2c(=O)nc(SCc2ccc(F)cc2)n3C)cc1OC. The second kappa shape index (κ2) is 9.66. The molecule has 1 aromatic heterocycles. The molecule has 0 saturated carbocycles. The zero-order valence-electron chi connectivity index (χ0n) is 18.6. The first kappa shape index (κ1) is 22.8. The minimum Gasteiger partial charge on any atom is -0.493 e. The van der Waals surface area contributed by atoms with E-state index >= 15 is 0 Å². The number of carbonyl (C=O) groups is 1. The highest BCUT2D eigenvalue weighted by Crippen LogP contribution is 2.39. The number of methoxy groups -OCH3 is 1. The maximum absolute atomic E-state index is 13.2. The number of nitrogens with zero attached hydrogens (tertiary/aromatic N) is 2. The van der Waals surface area contributed by atoms with Crippen LogP contribution in [-0.4, -0.2) is 29.2 Å². The molecule has 2 aromatic carbocycles. The van der Waals surface area contributed by atoms with Gasteiger partial charge < -0.3 is 19.4 Å². The molecule has 0 saturated heterocycles. The van der Waals surface area contributed by atoms with Crippen molar-refractivity contribution >= 4 is 23.5 Å². The Labute approximate surface area is 194 Å². The number of hydrogen-bond donors (Lipinski definition) is 1. The van der Waals surface area contributed by atoms with E-state index < -0.39 is 5.92 Å². The molecule has 0 bridgehead atoms. The van der Waals surface area contributed by atoms with Crippen LogP contribution in [0.4, 0.5) is 10.2 Å². The van der Waals surface area contributed by atoms with Crippen molar-refractivity contribution in [2.45, 2.75) is 30.2 Å². The highest BCUT2D eigenvalue weighted by molar-refractivity contribution is 7.98. The second-order valence-electron chi connectivity index (χ2n) is 7.58. The summed E-state index contributed by atoms with van der Waals surface area (Å²) in [7, 11) is 3.31. The van der Waals surface area contributed by atoms with Gasteiger partial charge in [-0.2, -0.15) is 4.98 Å². The number of amides is 1. The molecule has 0 unspecified atom stereocenters. The zero-order valence-corrected chi connectivity index (χ0v) is 19.4. The van der Waals surface area contributed by atoms with Crippen LogP contribution in [0.3, 0.4) is 0 Å². The van der Waals surface area contributed by atoms with E-state index in [0.29, 0.717) is 40.4 Å². The van der Waals surface area contributed by atoms with Crippen molar-refractivity contribution in [2.75, 3.05) is 19.0 Å². The van der Waals surface area contributed by atoms with E-state index in [9.17, 15) is 14.0 Å². The van der Waals surface area contributed by atoms with Gasteiger partial charge in [-0.15, -0.1) is 0 Å². The predicted octanol–water partition coefficient (Wildman–Crippen LogP) is 4.09. The Balaban J connectivity index is 1.70. The van der Waals surface area contributed by atoms with Crippen LogP contribution in [0.25, 0.3) is 0 Å². The second-order valence-corrected chi connectivity index (χ2v) is 8.53. The lowest BCUT2D eigenvalue weighted by Crippen LogP contribution is -2.33. The van der Waals surface area contributed by atoms with Gasteiger partial charge in [-0.1, -0.05) is 30.0 Å². The molecule has 1 amide bonds. The van der Waals surface area contributed by atoms with Crippen LogP contribution in [0, 0.1) is 5.82 Å². The van der Waals surface area contributed by atoms with Gasteiger partial charge in [0, 0.05) is 25.1 Å². The standard InChI is InChI=1S/C24H24FN3O4S/c1-4-32-18-10-7-15(11-19(18)31-3)17-12-20(29)26-22-21(17)23(30)27-24(28(22)2)33-13-14-5-8-16(25)9-6-14/h5-11,17H,4,12-13H2,1-3H3,(H,26,29)/t17-/m1/s1. The molecule has 7 nitrogen and oxygen atoms in total. The third kappa shape index (κ3) is 4.73. The van der Waals surface area contributed by atoms with Crippen molar-refractivity contribution in [3.05, 3.63) is 75.3 Å². The van der Waals surface area contributed by atoms with Crippen molar-refractivity contribution in [3.8, 4) is 11.5 Å². The van der Waals surface area contributed by atoms with Crippen molar-refractivity contribution in [3.63, 3.8) is 0 Å². The first-order valence-electron chi connectivity index (χ1n) is 10.5. The summed E-state index contributed by atoms with van der Waals surface area (Å²) in [5, 5.41) is 3.31. The molecule has 9 heteroatoms. The number of aromatic nitrogens is 2. The summed E-state index contributed by atoms with van der Waals surface area (Å²) in [4.78, 5) is 30.0. The molecule has 0 fully saturated rings. The average molecular weight is 470 g/mol. The van der Waals surface area contributed by atoms with E-state index in [2.05, 4.69) is 10.3 Å². The lowest BCUT2D eigenvalue weighted by Gasteiger charge is -2.28. The average Bonchev–Trinajstić information content (AvgIpc) is 2.81. The Morgan fingerprint density at radius 2 is 1.94 bits per heavy atom. The lowest BCUT2D eigenvalue weighted by molar-refractivity contribution is -0.116. The number of carbonyl (C=O) groups excluding carboxylic acids is 1. The first-order chi connectivity index (χ1) is 15.9. The Morgan fingerprint density at radius 1 is 1.18 bits per heavy atom. The normalized spacial score (nSPS) is 15.0. The van der Waals surface area contributed by atoms with Crippen LogP contribution in [0.2, 0.25) is 0 Å². The molecular weight excluding hydrogens is 445 g/mol.